The number of amides is 1. The summed E-state index contributed by atoms with van der Waals surface area (Å²) in [7, 11) is 3.26. The fourth-order valence-corrected chi connectivity index (χ4v) is 3.06. The molecule has 1 aromatic heterocycles. The molecule has 0 radical (unpaired) electrons. The Labute approximate surface area is 152 Å². The van der Waals surface area contributed by atoms with E-state index < -0.39 is 11.7 Å². The molecule has 6 nitrogen and oxygen atoms in total. The predicted octanol–water partition coefficient (Wildman–Crippen LogP) is 3.89. The summed E-state index contributed by atoms with van der Waals surface area (Å²) in [6.07, 6.45) is 2.09. The number of aromatic nitrogens is 1. The van der Waals surface area contributed by atoms with E-state index in [1.165, 1.54) is 0 Å². The number of hydrogen-bond donors (Lipinski definition) is 1. The number of thiazole rings is 1. The maximum absolute atomic E-state index is 11.7. The first kappa shape index (κ1) is 19.1. The topological polar surface area (TPSA) is 69.7 Å². The molecule has 1 amide bonds. The van der Waals surface area contributed by atoms with Gasteiger partial charge in [-0.05, 0) is 39.0 Å². The lowest BCUT2D eigenvalue weighted by molar-refractivity contribution is 0.0528. The largest absolute Gasteiger partial charge is 0.497 e. The minimum atomic E-state index is -0.495. The second kappa shape index (κ2) is 8.20. The van der Waals surface area contributed by atoms with Crippen LogP contribution in [0.25, 0.3) is 10.6 Å². The Morgan fingerprint density at radius 2 is 2.00 bits per heavy atom. The number of rotatable bonds is 6. The van der Waals surface area contributed by atoms with E-state index in [-0.39, 0.29) is 0 Å². The van der Waals surface area contributed by atoms with E-state index >= 15 is 0 Å². The normalized spacial score (nSPS) is 11.1. The summed E-state index contributed by atoms with van der Waals surface area (Å²) < 4.78 is 15.9. The van der Waals surface area contributed by atoms with Gasteiger partial charge in [-0.3, -0.25) is 0 Å². The van der Waals surface area contributed by atoms with Crippen molar-refractivity contribution in [2.75, 3.05) is 20.8 Å². The fourth-order valence-electron chi connectivity index (χ4n) is 2.13. The second-order valence-electron chi connectivity index (χ2n) is 6.38. The molecule has 1 aromatic carbocycles. The third-order valence-electron chi connectivity index (χ3n) is 3.23. The molecule has 0 aliphatic heterocycles. The van der Waals surface area contributed by atoms with Gasteiger partial charge in [-0.25, -0.2) is 9.78 Å². The van der Waals surface area contributed by atoms with Gasteiger partial charge in [0.2, 0.25) is 0 Å². The Kier molecular flexibility index (Phi) is 6.25. The number of benzene rings is 1. The molecule has 25 heavy (non-hydrogen) atoms. The van der Waals surface area contributed by atoms with Crippen LogP contribution in [0.3, 0.4) is 0 Å². The van der Waals surface area contributed by atoms with Crippen molar-refractivity contribution in [3.05, 3.63) is 29.3 Å². The van der Waals surface area contributed by atoms with Gasteiger partial charge in [0.05, 0.1) is 19.8 Å². The lowest BCUT2D eigenvalue weighted by Gasteiger charge is -2.19. The van der Waals surface area contributed by atoms with Gasteiger partial charge in [0, 0.05) is 24.0 Å². The average Bonchev–Trinajstić information content (AvgIpc) is 3.01. The summed E-state index contributed by atoms with van der Waals surface area (Å²) in [5, 5.41) is 3.60. The van der Waals surface area contributed by atoms with Gasteiger partial charge < -0.3 is 19.5 Å². The molecule has 0 fully saturated rings. The Bertz CT molecular complexity index is 722. The first-order valence-corrected chi connectivity index (χ1v) is 8.78. The first-order valence-electron chi connectivity index (χ1n) is 7.96. The van der Waals surface area contributed by atoms with E-state index in [9.17, 15) is 4.79 Å². The van der Waals surface area contributed by atoms with Crippen LogP contribution in [-0.2, 0) is 11.2 Å². The highest BCUT2D eigenvalue weighted by Crippen LogP contribution is 2.35. The summed E-state index contributed by atoms with van der Waals surface area (Å²) in [5.74, 6) is 1.49. The van der Waals surface area contributed by atoms with Crippen molar-refractivity contribution in [1.29, 1.82) is 0 Å². The lowest BCUT2D eigenvalue weighted by Crippen LogP contribution is -2.33. The summed E-state index contributed by atoms with van der Waals surface area (Å²) in [6, 6.07) is 5.61. The van der Waals surface area contributed by atoms with E-state index in [4.69, 9.17) is 14.2 Å². The van der Waals surface area contributed by atoms with Gasteiger partial charge >= 0.3 is 6.09 Å². The molecule has 1 heterocycles. The molecule has 2 rings (SSSR count). The van der Waals surface area contributed by atoms with Gasteiger partial charge in [0.15, 0.2) is 0 Å². The van der Waals surface area contributed by atoms with Crippen molar-refractivity contribution >= 4 is 17.4 Å². The number of nitrogens with one attached hydrogen (secondary N) is 1. The minimum Gasteiger partial charge on any atom is -0.497 e. The van der Waals surface area contributed by atoms with E-state index in [1.807, 2.05) is 45.2 Å². The van der Waals surface area contributed by atoms with Gasteiger partial charge in [0.25, 0.3) is 0 Å². The zero-order valence-electron chi connectivity index (χ0n) is 15.2. The molecule has 0 aliphatic rings. The Morgan fingerprint density at radius 3 is 2.64 bits per heavy atom. The van der Waals surface area contributed by atoms with Crippen molar-refractivity contribution in [2.24, 2.45) is 0 Å². The van der Waals surface area contributed by atoms with Crippen LogP contribution in [0, 0.1) is 0 Å². The third-order valence-corrected chi connectivity index (χ3v) is 4.32. The number of ether oxygens (including phenoxy) is 3. The van der Waals surface area contributed by atoms with Gasteiger partial charge in [-0.15, -0.1) is 11.3 Å². The Morgan fingerprint density at radius 1 is 1.24 bits per heavy atom. The third kappa shape index (κ3) is 5.63. The highest BCUT2D eigenvalue weighted by molar-refractivity contribution is 7.15. The van der Waals surface area contributed by atoms with Crippen LogP contribution in [-0.4, -0.2) is 37.4 Å². The molecule has 0 bridgehead atoms. The van der Waals surface area contributed by atoms with Gasteiger partial charge in [-0.2, -0.15) is 0 Å². The van der Waals surface area contributed by atoms with Crippen molar-refractivity contribution in [3.8, 4) is 22.1 Å². The van der Waals surface area contributed by atoms with Gasteiger partial charge in [0.1, 0.15) is 22.1 Å². The lowest BCUT2D eigenvalue weighted by atomic mass is 10.2. The SMILES string of the molecule is COc1ccc(OC)c(-c2ncc(CCNC(=O)OC(C)(C)C)s2)c1. The van der Waals surface area contributed by atoms with E-state index in [0.717, 1.165) is 26.9 Å². The summed E-state index contributed by atoms with van der Waals surface area (Å²) in [5.41, 5.74) is 0.392. The summed E-state index contributed by atoms with van der Waals surface area (Å²) in [6.45, 7) is 6.00. The minimum absolute atomic E-state index is 0.410. The monoisotopic (exact) mass is 364 g/mol. The number of carbonyl (C=O) groups is 1. The number of carbonyl (C=O) groups excluding carboxylic acids is 1. The number of methoxy groups -OCH3 is 2. The maximum atomic E-state index is 11.7. The summed E-state index contributed by atoms with van der Waals surface area (Å²) in [4.78, 5) is 17.2. The van der Waals surface area contributed by atoms with Crippen LogP contribution in [0.4, 0.5) is 4.79 Å². The van der Waals surface area contributed by atoms with Crippen molar-refractivity contribution in [2.45, 2.75) is 32.8 Å². The molecular weight excluding hydrogens is 340 g/mol. The zero-order valence-corrected chi connectivity index (χ0v) is 16.0. The molecule has 0 saturated heterocycles. The quantitative estimate of drug-likeness (QED) is 0.842. The zero-order chi connectivity index (χ0) is 18.4. The molecule has 0 aliphatic carbocycles. The predicted molar refractivity (Wildman–Crippen MR) is 98.6 cm³/mol. The molecule has 0 spiro atoms. The Hall–Kier alpha value is -2.28. The van der Waals surface area contributed by atoms with E-state index in [2.05, 4.69) is 10.3 Å². The van der Waals surface area contributed by atoms with Gasteiger partial charge in [-0.1, -0.05) is 0 Å². The smallest absolute Gasteiger partial charge is 0.407 e. The first-order chi connectivity index (χ1) is 11.8. The fraction of sp³-hybridized carbons (Fsp3) is 0.444. The van der Waals surface area contributed by atoms with Crippen LogP contribution in [0.15, 0.2) is 24.4 Å². The molecule has 0 unspecified atom stereocenters. The van der Waals surface area contributed by atoms with Crippen LogP contribution in [0.2, 0.25) is 0 Å². The van der Waals surface area contributed by atoms with Crippen molar-refractivity contribution in [1.82, 2.24) is 10.3 Å². The van der Waals surface area contributed by atoms with E-state index in [1.54, 1.807) is 25.6 Å². The van der Waals surface area contributed by atoms with Crippen molar-refractivity contribution < 1.29 is 19.0 Å². The summed E-state index contributed by atoms with van der Waals surface area (Å²) >= 11 is 1.56. The Balaban J connectivity index is 2.00. The molecule has 136 valence electrons. The molecule has 0 atom stereocenters. The second-order valence-corrected chi connectivity index (χ2v) is 7.49. The molecule has 0 saturated carbocycles. The van der Waals surface area contributed by atoms with Crippen LogP contribution in [0.1, 0.15) is 25.6 Å². The number of hydrogen-bond acceptors (Lipinski definition) is 6. The highest BCUT2D eigenvalue weighted by Gasteiger charge is 2.16. The maximum Gasteiger partial charge on any atom is 0.407 e. The molecular formula is C18H24N2O4S. The highest BCUT2D eigenvalue weighted by atomic mass is 32.1. The number of nitrogens with zero attached hydrogens (tertiary/aromatic N) is 1. The molecule has 7 heteroatoms. The van der Waals surface area contributed by atoms with Crippen LogP contribution >= 0.6 is 11.3 Å². The standard InChI is InChI=1S/C18H24N2O4S/c1-18(2,3)24-17(21)19-9-8-13-11-20-16(25-13)14-10-12(22-4)6-7-15(14)23-5/h6-7,10-11H,8-9H2,1-5H3,(H,19,21). The number of alkyl carbamates (subject to hydrolysis) is 1. The molecule has 2 aromatic rings. The van der Waals surface area contributed by atoms with Crippen molar-refractivity contribution in [3.63, 3.8) is 0 Å². The van der Waals surface area contributed by atoms with Crippen LogP contribution in [0.5, 0.6) is 11.5 Å². The van der Waals surface area contributed by atoms with Crippen LogP contribution < -0.4 is 14.8 Å². The molecule has 1 N–H and O–H groups in total. The van der Waals surface area contributed by atoms with E-state index in [0.29, 0.717) is 13.0 Å². The average molecular weight is 364 g/mol.